The zero-order valence-corrected chi connectivity index (χ0v) is 26.0. The largest absolute Gasteiger partial charge is 0.497 e. The molecule has 11 heteroatoms. The molecule has 0 unspecified atom stereocenters. The molecule has 0 aromatic heterocycles. The number of carbonyl (C=O) groups is 4. The molecule has 2 aliphatic rings. The van der Waals surface area contributed by atoms with E-state index in [1.54, 1.807) is 36.3 Å². The van der Waals surface area contributed by atoms with Crippen molar-refractivity contribution in [2.24, 2.45) is 0 Å². The van der Waals surface area contributed by atoms with Gasteiger partial charge in [0.1, 0.15) is 11.6 Å². The molecule has 2 N–H and O–H groups in total. The summed E-state index contributed by atoms with van der Waals surface area (Å²) in [4.78, 5) is 55.2. The molecule has 2 aliphatic heterocycles. The number of hydrogen-bond acceptors (Lipinski definition) is 5. The van der Waals surface area contributed by atoms with Gasteiger partial charge in [-0.1, -0.05) is 28.1 Å². The van der Waals surface area contributed by atoms with Crippen molar-refractivity contribution in [1.29, 1.82) is 0 Å². The number of ether oxygens (including phenoxy) is 1. The summed E-state index contributed by atoms with van der Waals surface area (Å²) >= 11 is 3.37. The Balaban J connectivity index is 1.10. The summed E-state index contributed by atoms with van der Waals surface area (Å²) in [5.41, 5.74) is 3.29. The van der Waals surface area contributed by atoms with Crippen molar-refractivity contribution in [2.75, 3.05) is 38.6 Å². The molecule has 0 saturated carbocycles. The van der Waals surface area contributed by atoms with Gasteiger partial charge >= 0.3 is 6.03 Å². The Morgan fingerprint density at radius 1 is 1.00 bits per heavy atom. The van der Waals surface area contributed by atoms with E-state index in [0.29, 0.717) is 55.4 Å². The van der Waals surface area contributed by atoms with Gasteiger partial charge in [0.05, 0.1) is 13.7 Å². The van der Waals surface area contributed by atoms with Crippen LogP contribution in [0, 0.1) is 5.82 Å². The number of hydrogen-bond donors (Lipinski definition) is 2. The Morgan fingerprint density at radius 2 is 1.73 bits per heavy atom. The number of carbonyl (C=O) groups excluding carboxylic acids is 4. The number of likely N-dealkylation sites (tertiary alicyclic amines) is 1. The second-order valence-electron chi connectivity index (χ2n) is 11.0. The normalized spacial score (nSPS) is 15.2. The summed E-state index contributed by atoms with van der Waals surface area (Å²) in [6.45, 7) is 1.36. The standard InChI is InChI=1S/C33H34BrFN4O5/c1-44-28-7-8-29-22(19-28)10-15-39(33(43)37-29)27-11-13-38(14-12-27)31(41)20-36-32(42)24-16-23(17-25(34)18-24)30(40)9-4-21-2-5-26(35)6-3-21/h2-3,5-8,16-19,27H,4,9-15,20H2,1H3,(H,36,42)(H,37,43). The second-order valence-corrected chi connectivity index (χ2v) is 11.9. The molecular formula is C33H34BrFN4O5. The molecule has 4 amide bonds. The molecule has 5 rings (SSSR count). The summed E-state index contributed by atoms with van der Waals surface area (Å²) in [5, 5.41) is 5.68. The summed E-state index contributed by atoms with van der Waals surface area (Å²) in [6.07, 6.45) is 2.64. The molecule has 0 spiro atoms. The van der Waals surface area contributed by atoms with Crippen LogP contribution in [0.25, 0.3) is 0 Å². The van der Waals surface area contributed by atoms with Gasteiger partial charge in [0.2, 0.25) is 5.91 Å². The summed E-state index contributed by atoms with van der Waals surface area (Å²) < 4.78 is 19.0. The molecule has 9 nitrogen and oxygen atoms in total. The van der Waals surface area contributed by atoms with Crippen molar-refractivity contribution in [3.63, 3.8) is 0 Å². The number of aryl methyl sites for hydroxylation is 1. The van der Waals surface area contributed by atoms with E-state index < -0.39 is 5.91 Å². The van der Waals surface area contributed by atoms with E-state index in [2.05, 4.69) is 26.6 Å². The number of piperidine rings is 1. The predicted molar refractivity (Wildman–Crippen MR) is 168 cm³/mol. The number of benzene rings is 3. The Labute approximate surface area is 263 Å². The molecule has 0 aliphatic carbocycles. The second kappa shape index (κ2) is 14.0. The zero-order valence-electron chi connectivity index (χ0n) is 24.4. The van der Waals surface area contributed by atoms with Crippen LogP contribution in [0.1, 0.15) is 51.1 Å². The molecule has 1 fully saturated rings. The van der Waals surface area contributed by atoms with Crippen molar-refractivity contribution < 1.29 is 28.3 Å². The number of rotatable bonds is 9. The van der Waals surface area contributed by atoms with Gasteiger partial charge < -0.3 is 25.2 Å². The van der Waals surface area contributed by atoms with Crippen molar-refractivity contribution in [1.82, 2.24) is 15.1 Å². The van der Waals surface area contributed by atoms with Crippen LogP contribution in [0.2, 0.25) is 0 Å². The number of urea groups is 1. The van der Waals surface area contributed by atoms with E-state index >= 15 is 0 Å². The average molecular weight is 666 g/mol. The molecule has 0 bridgehead atoms. The van der Waals surface area contributed by atoms with Crippen LogP contribution < -0.4 is 15.4 Å². The van der Waals surface area contributed by atoms with Crippen LogP contribution >= 0.6 is 15.9 Å². The van der Waals surface area contributed by atoms with E-state index in [9.17, 15) is 23.6 Å². The lowest BCUT2D eigenvalue weighted by atomic mass is 10.0. The maximum atomic E-state index is 13.2. The molecule has 2 heterocycles. The fourth-order valence-electron chi connectivity index (χ4n) is 5.64. The smallest absolute Gasteiger partial charge is 0.322 e. The molecule has 0 atom stereocenters. The maximum Gasteiger partial charge on any atom is 0.322 e. The first-order valence-corrected chi connectivity index (χ1v) is 15.4. The Kier molecular flexibility index (Phi) is 9.94. The number of halogens is 2. The van der Waals surface area contributed by atoms with Gasteiger partial charge in [0.25, 0.3) is 5.91 Å². The van der Waals surface area contributed by atoms with E-state index in [4.69, 9.17) is 4.74 Å². The first kappa shape index (κ1) is 31.2. The minimum absolute atomic E-state index is 0.00512. The van der Waals surface area contributed by atoms with Crippen LogP contribution in [0.4, 0.5) is 14.9 Å². The molecule has 230 valence electrons. The van der Waals surface area contributed by atoms with Gasteiger partial charge in [0.15, 0.2) is 5.78 Å². The number of amides is 4. The van der Waals surface area contributed by atoms with Gasteiger partial charge in [-0.3, -0.25) is 14.4 Å². The lowest BCUT2D eigenvalue weighted by Crippen LogP contribution is -2.51. The van der Waals surface area contributed by atoms with Crippen LogP contribution in [-0.4, -0.2) is 72.8 Å². The molecule has 44 heavy (non-hydrogen) atoms. The SMILES string of the molecule is COc1ccc2c(c1)CCN(C1CCN(C(=O)CNC(=O)c3cc(Br)cc(C(=O)CCc4ccc(F)cc4)c3)CC1)C(=O)N2. The number of Topliss-reactive ketones (excluding diaryl/α,β-unsaturated/α-hetero) is 1. The highest BCUT2D eigenvalue weighted by Gasteiger charge is 2.31. The van der Waals surface area contributed by atoms with Crippen LogP contribution in [0.5, 0.6) is 5.75 Å². The van der Waals surface area contributed by atoms with Gasteiger partial charge in [0, 0.05) is 53.4 Å². The van der Waals surface area contributed by atoms with Crippen LogP contribution in [0.15, 0.2) is 65.1 Å². The Bertz CT molecular complexity index is 1560. The molecule has 3 aromatic carbocycles. The van der Waals surface area contributed by atoms with E-state index in [1.165, 1.54) is 18.2 Å². The van der Waals surface area contributed by atoms with E-state index in [1.807, 2.05) is 23.1 Å². The zero-order chi connectivity index (χ0) is 31.2. The van der Waals surface area contributed by atoms with Gasteiger partial charge in [-0.05, 0) is 85.3 Å². The van der Waals surface area contributed by atoms with Crippen LogP contribution in [0.3, 0.4) is 0 Å². The Morgan fingerprint density at radius 3 is 2.45 bits per heavy atom. The van der Waals surface area contributed by atoms with Crippen molar-refractivity contribution >= 4 is 45.2 Å². The highest BCUT2D eigenvalue weighted by Crippen LogP contribution is 2.28. The highest BCUT2D eigenvalue weighted by atomic mass is 79.9. The van der Waals surface area contributed by atoms with E-state index in [-0.39, 0.29) is 48.1 Å². The third kappa shape index (κ3) is 7.63. The minimum Gasteiger partial charge on any atom is -0.497 e. The van der Waals surface area contributed by atoms with Gasteiger partial charge in [-0.25, -0.2) is 9.18 Å². The quantitative estimate of drug-likeness (QED) is 0.305. The summed E-state index contributed by atoms with van der Waals surface area (Å²) in [6, 6.07) is 16.3. The highest BCUT2D eigenvalue weighted by molar-refractivity contribution is 9.10. The Hall–Kier alpha value is -4.25. The first-order valence-electron chi connectivity index (χ1n) is 14.6. The number of fused-ring (bicyclic) bond motifs is 1. The molecule has 0 radical (unpaired) electrons. The van der Waals surface area contributed by atoms with Crippen LogP contribution in [-0.2, 0) is 17.6 Å². The fourth-order valence-corrected chi connectivity index (χ4v) is 6.13. The predicted octanol–water partition coefficient (Wildman–Crippen LogP) is 5.22. The van der Waals surface area contributed by atoms with Crippen molar-refractivity contribution in [3.8, 4) is 5.75 Å². The van der Waals surface area contributed by atoms with Crippen molar-refractivity contribution in [2.45, 2.75) is 38.1 Å². The summed E-state index contributed by atoms with van der Waals surface area (Å²) in [5.74, 6) is -0.397. The lowest BCUT2D eigenvalue weighted by molar-refractivity contribution is -0.131. The first-order chi connectivity index (χ1) is 21.2. The molecule has 3 aromatic rings. The van der Waals surface area contributed by atoms with Crippen molar-refractivity contribution in [3.05, 3.63) is 93.2 Å². The number of nitrogens with zero attached hydrogens (tertiary/aromatic N) is 2. The van der Waals surface area contributed by atoms with Gasteiger partial charge in [-0.2, -0.15) is 0 Å². The number of nitrogens with one attached hydrogen (secondary N) is 2. The topological polar surface area (TPSA) is 108 Å². The lowest BCUT2D eigenvalue weighted by Gasteiger charge is -2.38. The van der Waals surface area contributed by atoms with E-state index in [0.717, 1.165) is 22.6 Å². The third-order valence-corrected chi connectivity index (χ3v) is 8.59. The number of methoxy groups -OCH3 is 1. The fraction of sp³-hybridized carbons (Fsp3) is 0.333. The van der Waals surface area contributed by atoms with Gasteiger partial charge in [-0.15, -0.1) is 0 Å². The monoisotopic (exact) mass is 664 g/mol. The average Bonchev–Trinajstić information content (AvgIpc) is 3.20. The third-order valence-electron chi connectivity index (χ3n) is 8.13. The minimum atomic E-state index is -0.459. The number of anilines is 1. The molecule has 1 saturated heterocycles. The maximum absolute atomic E-state index is 13.2. The number of ketones is 1. The molecular weight excluding hydrogens is 631 g/mol. The summed E-state index contributed by atoms with van der Waals surface area (Å²) in [7, 11) is 1.61.